The molecule has 0 aliphatic heterocycles. The summed E-state index contributed by atoms with van der Waals surface area (Å²) in [4.78, 5) is 0. The van der Waals surface area contributed by atoms with Gasteiger partial charge in [-0.1, -0.05) is 0 Å². The fourth-order valence-electron chi connectivity index (χ4n) is 0. The molecule has 0 spiro atoms. The van der Waals surface area contributed by atoms with Crippen molar-refractivity contribution >= 4 is 15.7 Å². The van der Waals surface area contributed by atoms with Gasteiger partial charge in [0, 0.05) is 0 Å². The van der Waals surface area contributed by atoms with Gasteiger partial charge in [0.2, 0.25) is 0 Å². The first-order chi connectivity index (χ1) is 2.27. The van der Waals surface area contributed by atoms with Crippen molar-refractivity contribution in [2.45, 2.75) is 5.76 Å². The topological polar surface area (TPSA) is 3.24 Å². The van der Waals surface area contributed by atoms with Gasteiger partial charge >= 0.3 is 39.4 Å². The van der Waals surface area contributed by atoms with Crippen molar-refractivity contribution in [2.24, 2.45) is 0 Å². The maximum absolute atomic E-state index is 2.25. The van der Waals surface area contributed by atoms with Crippen LogP contribution in [0, 0.1) is 0 Å². The molecule has 0 saturated carbocycles. The quantitative estimate of drug-likeness (QED) is 0.461. The second-order valence-electron chi connectivity index (χ2n) is 1.12. The Hall–Kier alpha value is 0.503. The summed E-state index contributed by atoms with van der Waals surface area (Å²) in [5.74, 6) is 2.25. The molecule has 5 heavy (non-hydrogen) atoms. The Balaban J connectivity index is 2.54. The number of hydrogen-bond donors (Lipinski definition) is 0. The Bertz CT molecular complexity index is 20.9. The molecule has 1 nitrogen and oxygen atoms in total. The number of rotatable bonds is 1. The molecule has 0 N–H and O–H groups in total. The molecule has 0 aromatic rings. The molecular weight excluding hydrogens is 123 g/mol. The van der Waals surface area contributed by atoms with Gasteiger partial charge in [0.25, 0.3) is 0 Å². The summed E-state index contributed by atoms with van der Waals surface area (Å²) in [5, 5.41) is 0. The molecule has 2 radical (unpaired) electrons. The Morgan fingerprint density at radius 3 is 1.60 bits per heavy atom. The van der Waals surface area contributed by atoms with Gasteiger partial charge in [-0.25, -0.2) is 0 Å². The van der Waals surface area contributed by atoms with Crippen LogP contribution in [0.3, 0.4) is 0 Å². The summed E-state index contributed by atoms with van der Waals surface area (Å²) in [6.45, 7) is 0. The number of nitrogens with zero attached hydrogens (tertiary/aromatic N) is 1. The van der Waals surface area contributed by atoms with Gasteiger partial charge in [0.1, 0.15) is 0 Å². The first kappa shape index (κ1) is 5.50. The molecular formula is C3H9GeN. The van der Waals surface area contributed by atoms with Crippen LogP contribution in [0.15, 0.2) is 0 Å². The van der Waals surface area contributed by atoms with Crippen LogP contribution in [0.5, 0.6) is 0 Å². The Morgan fingerprint density at radius 1 is 1.40 bits per heavy atom. The summed E-state index contributed by atoms with van der Waals surface area (Å²) in [6, 6.07) is 0. The average molecular weight is 132 g/mol. The summed E-state index contributed by atoms with van der Waals surface area (Å²) in [6.07, 6.45) is 0. The van der Waals surface area contributed by atoms with Gasteiger partial charge in [0.05, 0.1) is 0 Å². The summed E-state index contributed by atoms with van der Waals surface area (Å²) in [5.41, 5.74) is 0. The first-order valence-electron chi connectivity index (χ1n) is 1.62. The maximum atomic E-state index is 2.25. The zero-order valence-corrected chi connectivity index (χ0v) is 6.05. The van der Waals surface area contributed by atoms with Gasteiger partial charge in [-0.2, -0.15) is 0 Å². The Morgan fingerprint density at radius 2 is 1.60 bits per heavy atom. The van der Waals surface area contributed by atoms with Crippen molar-refractivity contribution in [1.29, 1.82) is 0 Å². The molecule has 2 heteroatoms. The van der Waals surface area contributed by atoms with Crippen molar-refractivity contribution in [2.75, 3.05) is 14.1 Å². The molecule has 30 valence electrons. The standard InChI is InChI=1S/C3H9GeN/c1-4-5(2)3/h1-3H3. The van der Waals surface area contributed by atoms with Gasteiger partial charge in [-0.15, -0.1) is 0 Å². The van der Waals surface area contributed by atoms with Crippen molar-refractivity contribution in [1.82, 2.24) is 3.86 Å². The van der Waals surface area contributed by atoms with Crippen LogP contribution >= 0.6 is 0 Å². The average Bonchev–Trinajstić information content (AvgIpc) is 1.38. The Labute approximate surface area is 40.0 Å². The third-order valence-corrected chi connectivity index (χ3v) is 2.32. The predicted molar refractivity (Wildman–Crippen MR) is 25.3 cm³/mol. The van der Waals surface area contributed by atoms with Gasteiger partial charge in [-0.05, 0) is 0 Å². The van der Waals surface area contributed by atoms with E-state index in [1.165, 1.54) is 0 Å². The molecule has 0 unspecified atom stereocenters. The second kappa shape index (κ2) is 2.72. The molecule has 0 aromatic carbocycles. The normalized spacial score (nSPS) is 9.60. The van der Waals surface area contributed by atoms with Crippen LogP contribution in [0.4, 0.5) is 0 Å². The van der Waals surface area contributed by atoms with Gasteiger partial charge in [0.15, 0.2) is 0 Å². The third-order valence-electron chi connectivity index (χ3n) is 0.447. The SMILES string of the molecule is [CH3][Ge][N](C)C. The summed E-state index contributed by atoms with van der Waals surface area (Å²) >= 11 is 0.278. The monoisotopic (exact) mass is 133 g/mol. The molecule has 0 amide bonds. The van der Waals surface area contributed by atoms with E-state index in [1.54, 1.807) is 0 Å². The molecule has 0 atom stereocenters. The fraction of sp³-hybridized carbons (Fsp3) is 1.00. The summed E-state index contributed by atoms with van der Waals surface area (Å²) in [7, 11) is 4.22. The van der Waals surface area contributed by atoms with E-state index in [-0.39, 0.29) is 15.7 Å². The Kier molecular flexibility index (Phi) is 3.00. The molecule has 0 fully saturated rings. The zero-order valence-electron chi connectivity index (χ0n) is 3.95. The van der Waals surface area contributed by atoms with E-state index in [0.29, 0.717) is 0 Å². The minimum atomic E-state index is 0.278. The third kappa shape index (κ3) is 4.50. The van der Waals surface area contributed by atoms with Crippen molar-refractivity contribution in [3.63, 3.8) is 0 Å². The molecule has 0 aromatic heterocycles. The van der Waals surface area contributed by atoms with Crippen molar-refractivity contribution in [3.8, 4) is 0 Å². The van der Waals surface area contributed by atoms with Crippen LogP contribution in [-0.2, 0) is 0 Å². The molecule has 0 aliphatic rings. The minimum absolute atomic E-state index is 0.278. The van der Waals surface area contributed by atoms with Gasteiger partial charge in [-0.3, -0.25) is 0 Å². The fourth-order valence-corrected chi connectivity index (χ4v) is 0. The van der Waals surface area contributed by atoms with Gasteiger partial charge < -0.3 is 0 Å². The molecule has 0 bridgehead atoms. The van der Waals surface area contributed by atoms with Crippen LogP contribution < -0.4 is 0 Å². The zero-order chi connectivity index (χ0) is 4.28. The van der Waals surface area contributed by atoms with Crippen LogP contribution in [0.25, 0.3) is 0 Å². The van der Waals surface area contributed by atoms with E-state index < -0.39 is 0 Å². The van der Waals surface area contributed by atoms with E-state index in [0.717, 1.165) is 0 Å². The van der Waals surface area contributed by atoms with Crippen LogP contribution in [-0.4, -0.2) is 33.6 Å². The van der Waals surface area contributed by atoms with Crippen molar-refractivity contribution in [3.05, 3.63) is 0 Å². The number of hydrogen-bond acceptors (Lipinski definition) is 1. The molecule has 0 rings (SSSR count). The second-order valence-corrected chi connectivity index (χ2v) is 3.93. The van der Waals surface area contributed by atoms with Crippen LogP contribution in [0.2, 0.25) is 5.76 Å². The van der Waals surface area contributed by atoms with Crippen LogP contribution in [0.1, 0.15) is 0 Å². The molecule has 0 heterocycles. The van der Waals surface area contributed by atoms with E-state index in [2.05, 4.69) is 23.7 Å². The summed E-state index contributed by atoms with van der Waals surface area (Å²) < 4.78 is 2.25. The molecule has 0 saturated heterocycles. The molecule has 0 aliphatic carbocycles. The van der Waals surface area contributed by atoms with E-state index in [9.17, 15) is 0 Å². The van der Waals surface area contributed by atoms with E-state index in [4.69, 9.17) is 0 Å². The van der Waals surface area contributed by atoms with E-state index >= 15 is 0 Å². The van der Waals surface area contributed by atoms with E-state index in [1.807, 2.05) is 0 Å². The van der Waals surface area contributed by atoms with Crippen molar-refractivity contribution < 1.29 is 0 Å². The predicted octanol–water partition coefficient (Wildman–Crippen LogP) is 0.215. The first-order valence-corrected chi connectivity index (χ1v) is 4.65.